The van der Waals surface area contributed by atoms with Gasteiger partial charge in [0.2, 0.25) is 0 Å². The molecule has 5 aromatic rings. The Balaban J connectivity index is 0.000000136. The molecule has 2 saturated carbocycles. The monoisotopic (exact) mass is 848 g/mol. The summed E-state index contributed by atoms with van der Waals surface area (Å²) in [6, 6.07) is 23.8. The average molecular weight is 849 g/mol. The Morgan fingerprint density at radius 3 is 1.70 bits per heavy atom. The van der Waals surface area contributed by atoms with Crippen LogP contribution in [0.1, 0.15) is 83.5 Å². The summed E-state index contributed by atoms with van der Waals surface area (Å²) in [6.45, 7) is 7.26. The number of hydrogen-bond donors (Lipinski definition) is 2. The van der Waals surface area contributed by atoms with Crippen molar-refractivity contribution >= 4 is 58.3 Å². The highest BCUT2D eigenvalue weighted by molar-refractivity contribution is 6.05. The predicted molar refractivity (Wildman–Crippen MR) is 242 cm³/mol. The van der Waals surface area contributed by atoms with E-state index < -0.39 is 6.09 Å². The lowest BCUT2D eigenvalue weighted by atomic mass is 10.1. The number of nitrogens with one attached hydrogen (secondary N) is 1. The lowest BCUT2D eigenvalue weighted by molar-refractivity contribution is 0.0963. The highest BCUT2D eigenvalue weighted by atomic mass is 16.6. The summed E-state index contributed by atoms with van der Waals surface area (Å²) in [7, 11) is 0. The van der Waals surface area contributed by atoms with Crippen molar-refractivity contribution in [2.75, 3.05) is 56.8 Å². The van der Waals surface area contributed by atoms with Crippen LogP contribution in [0.25, 0.3) is 0 Å². The first kappa shape index (κ1) is 41.5. The number of aromatic nitrogens is 4. The number of Topliss-reactive ketones (excluding diaryl/α,β-unsaturated/α-hetero) is 2. The summed E-state index contributed by atoms with van der Waals surface area (Å²) in [5.41, 5.74) is 10.2. The molecule has 4 bridgehead atoms. The number of carbonyl (C=O) groups is 4. The van der Waals surface area contributed by atoms with Crippen molar-refractivity contribution in [3.05, 3.63) is 114 Å². The van der Waals surface area contributed by atoms with Crippen LogP contribution in [0.4, 0.5) is 44.2 Å². The lowest BCUT2D eigenvalue weighted by Crippen LogP contribution is -2.48. The van der Waals surface area contributed by atoms with Gasteiger partial charge in [0.05, 0.1) is 23.5 Å². The van der Waals surface area contributed by atoms with E-state index in [2.05, 4.69) is 35.1 Å². The summed E-state index contributed by atoms with van der Waals surface area (Å²) in [4.78, 5) is 76.3. The van der Waals surface area contributed by atoms with Gasteiger partial charge in [-0.2, -0.15) is 0 Å². The van der Waals surface area contributed by atoms with E-state index in [9.17, 15) is 19.2 Å². The van der Waals surface area contributed by atoms with Gasteiger partial charge in [-0.25, -0.2) is 29.5 Å². The van der Waals surface area contributed by atoms with Gasteiger partial charge in [0.25, 0.3) is 0 Å². The second-order valence-corrected chi connectivity index (χ2v) is 17.3. The van der Waals surface area contributed by atoms with Crippen molar-refractivity contribution in [3.63, 3.8) is 0 Å². The number of nitrogen functional groups attached to an aromatic ring is 1. The summed E-state index contributed by atoms with van der Waals surface area (Å²) in [6.07, 6.45) is 10.4. The van der Waals surface area contributed by atoms with Gasteiger partial charge < -0.3 is 20.3 Å². The third-order valence-corrected chi connectivity index (χ3v) is 12.3. The largest absolute Gasteiger partial charge is 0.421 e. The smallest absolute Gasteiger partial charge is 0.410 e. The number of urea groups is 1. The number of benzene rings is 1. The molecule has 0 radical (unpaired) electrons. The van der Waals surface area contributed by atoms with Crippen molar-refractivity contribution in [2.45, 2.75) is 77.3 Å². The molecule has 3 amide bonds. The Kier molecular flexibility index (Phi) is 11.7. The molecule has 2 atom stereocenters. The molecular formula is C48H52N10O5. The number of ether oxygens (including phenoxy) is 1. The Labute approximate surface area is 366 Å². The zero-order valence-electron chi connectivity index (χ0n) is 35.7. The zero-order chi connectivity index (χ0) is 43.6. The van der Waals surface area contributed by atoms with E-state index in [4.69, 9.17) is 10.5 Å². The van der Waals surface area contributed by atoms with Crippen molar-refractivity contribution < 1.29 is 23.9 Å². The van der Waals surface area contributed by atoms with Gasteiger partial charge >= 0.3 is 12.1 Å². The standard InChI is InChI=1S/C21H23N5O2.C21H21N3O3.C6H8N2/c1-13-2-7-19(22-11-13)24-21(28)26-15-8-9-25(12-15)17-6-5-16(23-20(17)26)18(27)10-14-3-4-14;25-19(12-14-6-7-14)17-8-9-18-20(22-17)24(15-10-11-23(18)13-15)21(26)27-16-4-2-1-3-5-16;1-5-2-3-6(7)8-4-5/h2,5-7,11,14-15H,3-4,8-10,12H2,1H3,(H,22,24,28);1-5,8-9,14-15H,6-7,10-13H2;2-4H,1H3,(H2,7,8)/t2*15-;/m00./s1. The molecule has 11 rings (SSSR count). The van der Waals surface area contributed by atoms with Crippen LogP contribution in [0.2, 0.25) is 0 Å². The van der Waals surface area contributed by atoms with Crippen LogP contribution in [0, 0.1) is 25.7 Å². The molecule has 0 unspecified atom stereocenters. The number of anilines is 6. The molecule has 63 heavy (non-hydrogen) atoms. The van der Waals surface area contributed by atoms with E-state index in [1.54, 1.807) is 58.6 Å². The van der Waals surface area contributed by atoms with Gasteiger partial charge in [0, 0.05) is 51.4 Å². The summed E-state index contributed by atoms with van der Waals surface area (Å²) >= 11 is 0. The molecule has 324 valence electrons. The lowest BCUT2D eigenvalue weighted by Gasteiger charge is -2.35. The molecule has 8 heterocycles. The number of amides is 3. The number of nitrogens with two attached hydrogens (primary N) is 1. The zero-order valence-corrected chi connectivity index (χ0v) is 35.7. The summed E-state index contributed by atoms with van der Waals surface area (Å²) in [5.74, 6) is 3.88. The minimum absolute atomic E-state index is 0.0231. The fourth-order valence-electron chi connectivity index (χ4n) is 8.43. The third-order valence-electron chi connectivity index (χ3n) is 12.3. The Morgan fingerprint density at radius 2 is 1.19 bits per heavy atom. The SMILES string of the molecule is Cc1ccc(N)nc1.Cc1ccc(NC(=O)N2c3nc(C(=O)CC4CC4)ccc3N3CC[C@H]2C3)nc1.O=C(CC1CC1)c1ccc2c(n1)N(C(=O)Oc1ccccc1)[C@H]1CCN2C1. The van der Waals surface area contributed by atoms with Crippen LogP contribution >= 0.6 is 0 Å². The molecule has 2 aliphatic carbocycles. The maximum absolute atomic E-state index is 13.1. The van der Waals surface area contributed by atoms with Crippen LogP contribution in [0.3, 0.4) is 0 Å². The van der Waals surface area contributed by atoms with E-state index in [1.807, 2.05) is 56.3 Å². The van der Waals surface area contributed by atoms with Gasteiger partial charge in [-0.05, 0) is 124 Å². The molecule has 6 aliphatic rings. The third kappa shape index (κ3) is 9.62. The Bertz CT molecular complexity index is 2470. The van der Waals surface area contributed by atoms with E-state index in [-0.39, 0.29) is 29.7 Å². The second kappa shape index (κ2) is 17.8. The summed E-state index contributed by atoms with van der Waals surface area (Å²) < 4.78 is 5.58. The van der Waals surface area contributed by atoms with Gasteiger partial charge in [0.1, 0.15) is 28.8 Å². The van der Waals surface area contributed by atoms with Crippen LogP contribution in [0.15, 0.2) is 91.3 Å². The first-order chi connectivity index (χ1) is 30.6. The molecular weight excluding hydrogens is 797 g/mol. The van der Waals surface area contributed by atoms with Gasteiger partial charge in [-0.3, -0.25) is 24.7 Å². The maximum atomic E-state index is 13.1. The summed E-state index contributed by atoms with van der Waals surface area (Å²) in [5, 5.41) is 2.89. The fourth-order valence-corrected chi connectivity index (χ4v) is 8.43. The van der Waals surface area contributed by atoms with Crippen molar-refractivity contribution in [1.29, 1.82) is 0 Å². The first-order valence-electron chi connectivity index (χ1n) is 21.9. The van der Waals surface area contributed by atoms with Gasteiger partial charge in [-0.15, -0.1) is 0 Å². The average Bonchev–Trinajstić information content (AvgIpc) is 4.22. The highest BCUT2D eigenvalue weighted by Gasteiger charge is 2.43. The van der Waals surface area contributed by atoms with E-state index in [1.165, 1.54) is 0 Å². The van der Waals surface area contributed by atoms with Crippen LogP contribution in [0.5, 0.6) is 5.75 Å². The van der Waals surface area contributed by atoms with Gasteiger partial charge in [-0.1, -0.05) is 30.3 Å². The second-order valence-electron chi connectivity index (χ2n) is 17.3. The number of fused-ring (bicyclic) bond motifs is 8. The van der Waals surface area contributed by atoms with Crippen molar-refractivity contribution in [2.24, 2.45) is 11.8 Å². The number of nitrogens with zero attached hydrogens (tertiary/aromatic N) is 8. The minimum Gasteiger partial charge on any atom is -0.410 e. The number of aryl methyl sites for hydroxylation is 2. The number of rotatable bonds is 8. The fraction of sp³-hybridized carbons (Fsp3) is 0.375. The minimum atomic E-state index is -0.437. The predicted octanol–water partition coefficient (Wildman–Crippen LogP) is 8.03. The molecule has 3 N–H and O–H groups in total. The molecule has 4 fully saturated rings. The van der Waals surface area contributed by atoms with Crippen LogP contribution < -0.4 is 35.4 Å². The molecule has 15 nitrogen and oxygen atoms in total. The molecule has 0 spiro atoms. The number of hydrogen-bond acceptors (Lipinski definition) is 12. The topological polar surface area (TPSA) is 180 Å². The highest BCUT2D eigenvalue weighted by Crippen LogP contribution is 2.42. The molecule has 4 aliphatic heterocycles. The number of pyridine rings is 4. The first-order valence-corrected chi connectivity index (χ1v) is 21.9. The molecule has 4 aromatic heterocycles. The Hall–Kier alpha value is -6.90. The van der Waals surface area contributed by atoms with Crippen molar-refractivity contribution in [3.8, 4) is 5.75 Å². The van der Waals surface area contributed by atoms with E-state index in [0.717, 1.165) is 87.2 Å². The Morgan fingerprint density at radius 1 is 0.651 bits per heavy atom. The van der Waals surface area contributed by atoms with Crippen LogP contribution in [-0.4, -0.2) is 81.9 Å². The van der Waals surface area contributed by atoms with E-state index in [0.29, 0.717) is 65.1 Å². The van der Waals surface area contributed by atoms with Gasteiger partial charge in [0.15, 0.2) is 23.2 Å². The number of ketones is 2. The maximum Gasteiger partial charge on any atom is 0.421 e. The number of para-hydroxylation sites is 1. The normalized spacial score (nSPS) is 18.8. The quantitative estimate of drug-likeness (QED) is 0.144. The van der Waals surface area contributed by atoms with Crippen molar-refractivity contribution in [1.82, 2.24) is 19.9 Å². The molecule has 15 heteroatoms. The van der Waals surface area contributed by atoms with E-state index >= 15 is 0 Å². The molecule has 2 saturated heterocycles. The van der Waals surface area contributed by atoms with Crippen LogP contribution in [-0.2, 0) is 0 Å². The number of carbonyl (C=O) groups excluding carboxylic acids is 4. The molecule has 1 aromatic carbocycles.